The fourth-order valence-corrected chi connectivity index (χ4v) is 2.20. The maximum Gasteiger partial charge on any atom is 0.407 e. The molecule has 0 aromatic rings. The first-order valence-electron chi connectivity index (χ1n) is 6.07. The molecule has 1 heterocycles. The van der Waals surface area contributed by atoms with Gasteiger partial charge in [0.2, 0.25) is 0 Å². The van der Waals surface area contributed by atoms with Crippen molar-refractivity contribution in [3.8, 4) is 0 Å². The molecule has 2 atom stereocenters. The van der Waals surface area contributed by atoms with Crippen molar-refractivity contribution >= 4 is 12.1 Å². The van der Waals surface area contributed by atoms with Gasteiger partial charge in [-0.05, 0) is 32.1 Å². The number of hydrogen-bond donors (Lipinski definition) is 1. The van der Waals surface area contributed by atoms with Gasteiger partial charge in [-0.1, -0.05) is 6.92 Å². The number of carboxylic acid groups (broad SMARTS) is 1. The van der Waals surface area contributed by atoms with Gasteiger partial charge in [0, 0.05) is 19.5 Å². The molecule has 1 saturated heterocycles. The largest absolute Gasteiger partial charge is 0.465 e. The highest BCUT2D eigenvalue weighted by Crippen LogP contribution is 2.26. The lowest BCUT2D eigenvalue weighted by atomic mass is 9.84. The molecule has 0 saturated carbocycles. The fourth-order valence-electron chi connectivity index (χ4n) is 2.20. The first-order chi connectivity index (χ1) is 7.90. The van der Waals surface area contributed by atoms with E-state index in [0.717, 1.165) is 6.42 Å². The lowest BCUT2D eigenvalue weighted by Gasteiger charge is -2.35. The Morgan fingerprint density at radius 2 is 2.12 bits per heavy atom. The molecular weight excluding hydrogens is 222 g/mol. The van der Waals surface area contributed by atoms with E-state index < -0.39 is 6.09 Å². The van der Waals surface area contributed by atoms with E-state index in [0.29, 0.717) is 19.5 Å². The Labute approximate surface area is 102 Å². The molecule has 0 aromatic heterocycles. The molecule has 1 unspecified atom stereocenters. The van der Waals surface area contributed by atoms with Gasteiger partial charge in [-0.25, -0.2) is 4.79 Å². The summed E-state index contributed by atoms with van der Waals surface area (Å²) in [4.78, 5) is 23.8. The van der Waals surface area contributed by atoms with E-state index in [-0.39, 0.29) is 23.9 Å². The van der Waals surface area contributed by atoms with Crippen LogP contribution in [-0.4, -0.2) is 41.3 Å². The van der Waals surface area contributed by atoms with Crippen molar-refractivity contribution in [1.29, 1.82) is 0 Å². The van der Waals surface area contributed by atoms with Crippen LogP contribution in [0.4, 0.5) is 4.79 Å². The standard InChI is InChI=1S/C12H21NO4/c1-8(2)17-11(14)6-10-4-5-13(12(15)16)7-9(10)3/h8-10H,4-7H2,1-3H3,(H,15,16)/t9?,10-/m0/s1. The van der Waals surface area contributed by atoms with Crippen LogP contribution in [-0.2, 0) is 9.53 Å². The highest BCUT2D eigenvalue weighted by Gasteiger charge is 2.30. The molecule has 1 N–H and O–H groups in total. The number of amides is 1. The van der Waals surface area contributed by atoms with Crippen LogP contribution >= 0.6 is 0 Å². The Bertz CT molecular complexity index is 290. The van der Waals surface area contributed by atoms with Crippen molar-refractivity contribution in [3.05, 3.63) is 0 Å². The Kier molecular flexibility index (Phi) is 4.78. The van der Waals surface area contributed by atoms with Gasteiger partial charge in [0.15, 0.2) is 0 Å². The van der Waals surface area contributed by atoms with E-state index in [1.807, 2.05) is 20.8 Å². The Hall–Kier alpha value is -1.26. The van der Waals surface area contributed by atoms with Crippen LogP contribution in [0.3, 0.4) is 0 Å². The molecule has 0 radical (unpaired) electrons. The number of rotatable bonds is 3. The monoisotopic (exact) mass is 243 g/mol. The average molecular weight is 243 g/mol. The smallest absolute Gasteiger partial charge is 0.407 e. The molecule has 17 heavy (non-hydrogen) atoms. The summed E-state index contributed by atoms with van der Waals surface area (Å²) >= 11 is 0. The molecular formula is C12H21NO4. The predicted molar refractivity (Wildman–Crippen MR) is 62.7 cm³/mol. The SMILES string of the molecule is CC(C)OC(=O)C[C@@H]1CCN(C(=O)O)CC1C. The average Bonchev–Trinajstić information content (AvgIpc) is 2.19. The molecule has 1 fully saturated rings. The number of esters is 1. The van der Waals surface area contributed by atoms with Gasteiger partial charge in [-0.3, -0.25) is 4.79 Å². The quantitative estimate of drug-likeness (QED) is 0.769. The minimum Gasteiger partial charge on any atom is -0.465 e. The van der Waals surface area contributed by atoms with Gasteiger partial charge in [-0.2, -0.15) is 0 Å². The van der Waals surface area contributed by atoms with E-state index in [4.69, 9.17) is 9.84 Å². The summed E-state index contributed by atoms with van der Waals surface area (Å²) in [6.07, 6.45) is 0.171. The number of carbonyl (C=O) groups is 2. The zero-order chi connectivity index (χ0) is 13.0. The molecule has 1 aliphatic rings. The molecule has 0 aromatic carbocycles. The zero-order valence-electron chi connectivity index (χ0n) is 10.7. The predicted octanol–water partition coefficient (Wildman–Crippen LogP) is 1.96. The molecule has 0 aliphatic carbocycles. The fraction of sp³-hybridized carbons (Fsp3) is 0.833. The summed E-state index contributed by atoms with van der Waals surface area (Å²) < 4.78 is 5.11. The van der Waals surface area contributed by atoms with Crippen LogP contribution in [0.2, 0.25) is 0 Å². The minimum atomic E-state index is -0.875. The second-order valence-electron chi connectivity index (χ2n) is 5.00. The molecule has 5 nitrogen and oxygen atoms in total. The minimum absolute atomic E-state index is 0.0862. The summed E-state index contributed by atoms with van der Waals surface area (Å²) in [6, 6.07) is 0. The van der Waals surface area contributed by atoms with Gasteiger partial charge in [0.1, 0.15) is 0 Å². The molecule has 0 bridgehead atoms. The van der Waals surface area contributed by atoms with Crippen molar-refractivity contribution in [2.45, 2.75) is 39.7 Å². The second kappa shape index (κ2) is 5.89. The zero-order valence-corrected chi connectivity index (χ0v) is 10.7. The number of nitrogens with zero attached hydrogens (tertiary/aromatic N) is 1. The van der Waals surface area contributed by atoms with E-state index in [1.165, 1.54) is 4.90 Å². The number of carbonyl (C=O) groups excluding carboxylic acids is 1. The number of likely N-dealkylation sites (tertiary alicyclic amines) is 1. The second-order valence-corrected chi connectivity index (χ2v) is 5.00. The van der Waals surface area contributed by atoms with Crippen LogP contribution in [0.25, 0.3) is 0 Å². The van der Waals surface area contributed by atoms with E-state index in [9.17, 15) is 9.59 Å². The first kappa shape index (κ1) is 13.8. The number of piperidine rings is 1. The highest BCUT2D eigenvalue weighted by molar-refractivity contribution is 5.70. The molecule has 5 heteroatoms. The van der Waals surface area contributed by atoms with Crippen molar-refractivity contribution in [3.63, 3.8) is 0 Å². The third-order valence-corrected chi connectivity index (χ3v) is 3.15. The molecule has 1 amide bonds. The topological polar surface area (TPSA) is 66.8 Å². The van der Waals surface area contributed by atoms with Crippen LogP contribution < -0.4 is 0 Å². The van der Waals surface area contributed by atoms with Gasteiger partial charge < -0.3 is 14.7 Å². The van der Waals surface area contributed by atoms with Gasteiger partial charge in [0.05, 0.1) is 6.10 Å². The number of ether oxygens (including phenoxy) is 1. The summed E-state index contributed by atoms with van der Waals surface area (Å²) in [7, 11) is 0. The van der Waals surface area contributed by atoms with E-state index in [2.05, 4.69) is 0 Å². The van der Waals surface area contributed by atoms with Crippen molar-refractivity contribution in [1.82, 2.24) is 4.90 Å². The third-order valence-electron chi connectivity index (χ3n) is 3.15. The summed E-state index contributed by atoms with van der Waals surface area (Å²) in [6.45, 7) is 6.67. The molecule has 0 spiro atoms. The van der Waals surface area contributed by atoms with Gasteiger partial charge >= 0.3 is 12.1 Å². The van der Waals surface area contributed by atoms with Gasteiger partial charge in [-0.15, -0.1) is 0 Å². The molecule has 98 valence electrons. The summed E-state index contributed by atoms with van der Waals surface area (Å²) in [5, 5.41) is 8.88. The lowest BCUT2D eigenvalue weighted by molar-refractivity contribution is -0.149. The first-order valence-corrected chi connectivity index (χ1v) is 6.07. The van der Waals surface area contributed by atoms with Crippen LogP contribution in [0, 0.1) is 11.8 Å². The molecule has 1 aliphatic heterocycles. The maximum absolute atomic E-state index is 11.5. The van der Waals surface area contributed by atoms with E-state index >= 15 is 0 Å². The van der Waals surface area contributed by atoms with Gasteiger partial charge in [0.25, 0.3) is 0 Å². The summed E-state index contributed by atoms with van der Waals surface area (Å²) in [5.74, 6) is 0.261. The Morgan fingerprint density at radius 3 is 2.59 bits per heavy atom. The van der Waals surface area contributed by atoms with Crippen LogP contribution in [0.15, 0.2) is 0 Å². The number of hydrogen-bond acceptors (Lipinski definition) is 3. The lowest BCUT2D eigenvalue weighted by Crippen LogP contribution is -2.42. The Morgan fingerprint density at radius 1 is 1.47 bits per heavy atom. The summed E-state index contributed by atoms with van der Waals surface area (Å²) in [5.41, 5.74) is 0. The van der Waals surface area contributed by atoms with Crippen molar-refractivity contribution in [2.24, 2.45) is 11.8 Å². The van der Waals surface area contributed by atoms with Crippen LogP contribution in [0.1, 0.15) is 33.6 Å². The molecule has 1 rings (SSSR count). The van der Waals surface area contributed by atoms with Crippen LogP contribution in [0.5, 0.6) is 0 Å². The van der Waals surface area contributed by atoms with E-state index in [1.54, 1.807) is 0 Å². The Balaban J connectivity index is 2.42. The normalized spacial score (nSPS) is 24.8. The highest BCUT2D eigenvalue weighted by atomic mass is 16.5. The maximum atomic E-state index is 11.5. The third kappa shape index (κ3) is 4.24. The van der Waals surface area contributed by atoms with Crippen molar-refractivity contribution < 1.29 is 19.4 Å². The van der Waals surface area contributed by atoms with Crippen molar-refractivity contribution in [2.75, 3.05) is 13.1 Å².